The van der Waals surface area contributed by atoms with Gasteiger partial charge in [-0.25, -0.2) is 0 Å². The maximum absolute atomic E-state index is 10.3. The second kappa shape index (κ2) is 6.88. The lowest BCUT2D eigenvalue weighted by Gasteiger charge is -2.36. The number of hydrogen-bond donors (Lipinski definition) is 1. The first-order valence-corrected chi connectivity index (χ1v) is 7.79. The zero-order chi connectivity index (χ0) is 14.5. The quantitative estimate of drug-likeness (QED) is 0.931. The van der Waals surface area contributed by atoms with Gasteiger partial charge >= 0.3 is 0 Å². The summed E-state index contributed by atoms with van der Waals surface area (Å²) in [4.78, 5) is 2.47. The molecular formula is C19H23NO. The first-order chi connectivity index (χ1) is 10.3. The van der Waals surface area contributed by atoms with E-state index in [1.165, 1.54) is 11.1 Å². The Balaban J connectivity index is 1.62. The van der Waals surface area contributed by atoms with Crippen LogP contribution in [0, 0.1) is 5.92 Å². The van der Waals surface area contributed by atoms with Gasteiger partial charge in [0.15, 0.2) is 0 Å². The van der Waals surface area contributed by atoms with Crippen LogP contribution in [0.1, 0.15) is 17.5 Å². The van der Waals surface area contributed by atoms with Crippen molar-refractivity contribution in [3.8, 4) is 0 Å². The molecule has 0 aromatic heterocycles. The number of rotatable bonds is 4. The van der Waals surface area contributed by atoms with Crippen molar-refractivity contribution < 1.29 is 5.11 Å². The van der Waals surface area contributed by atoms with Crippen molar-refractivity contribution >= 4 is 0 Å². The van der Waals surface area contributed by atoms with Gasteiger partial charge in [-0.3, -0.25) is 4.90 Å². The summed E-state index contributed by atoms with van der Waals surface area (Å²) in [7, 11) is 0. The molecule has 2 aromatic carbocycles. The first-order valence-electron chi connectivity index (χ1n) is 7.79. The molecule has 2 aromatic rings. The summed E-state index contributed by atoms with van der Waals surface area (Å²) >= 11 is 0. The van der Waals surface area contributed by atoms with E-state index in [-0.39, 0.29) is 6.10 Å². The molecule has 0 saturated carbocycles. The Morgan fingerprint density at radius 3 is 2.19 bits per heavy atom. The van der Waals surface area contributed by atoms with Crippen LogP contribution in [0.4, 0.5) is 0 Å². The summed E-state index contributed by atoms with van der Waals surface area (Å²) in [5.74, 6) is 0.338. The molecule has 2 atom stereocenters. The fourth-order valence-electron chi connectivity index (χ4n) is 3.20. The molecule has 21 heavy (non-hydrogen) atoms. The molecule has 1 fully saturated rings. The third-order valence-corrected chi connectivity index (χ3v) is 4.37. The Hall–Kier alpha value is -1.64. The van der Waals surface area contributed by atoms with Gasteiger partial charge in [-0.05, 0) is 24.0 Å². The van der Waals surface area contributed by atoms with Gasteiger partial charge in [0.05, 0.1) is 6.10 Å². The monoisotopic (exact) mass is 281 g/mol. The van der Waals surface area contributed by atoms with Crippen molar-refractivity contribution in [1.82, 2.24) is 4.90 Å². The SMILES string of the molecule is OC1CCN(Cc2ccccc2)CC1Cc1ccccc1. The van der Waals surface area contributed by atoms with Crippen LogP contribution in [0.5, 0.6) is 0 Å². The third-order valence-electron chi connectivity index (χ3n) is 4.37. The van der Waals surface area contributed by atoms with E-state index >= 15 is 0 Å². The molecule has 2 heteroatoms. The number of aliphatic hydroxyl groups excluding tert-OH is 1. The summed E-state index contributed by atoms with van der Waals surface area (Å²) in [6.07, 6.45) is 1.68. The minimum Gasteiger partial charge on any atom is -0.393 e. The zero-order valence-corrected chi connectivity index (χ0v) is 12.4. The Morgan fingerprint density at radius 1 is 0.905 bits per heavy atom. The standard InChI is InChI=1S/C19H23NO/c21-19-11-12-20(14-17-9-5-2-6-10-17)15-18(19)13-16-7-3-1-4-8-16/h1-10,18-19,21H,11-15H2. The normalized spacial score (nSPS) is 23.1. The smallest absolute Gasteiger partial charge is 0.0596 e. The highest BCUT2D eigenvalue weighted by Gasteiger charge is 2.27. The Bertz CT molecular complexity index is 540. The van der Waals surface area contributed by atoms with Crippen LogP contribution in [-0.4, -0.2) is 29.2 Å². The van der Waals surface area contributed by atoms with E-state index in [2.05, 4.69) is 59.5 Å². The summed E-state index contributed by atoms with van der Waals surface area (Å²) in [5.41, 5.74) is 2.68. The summed E-state index contributed by atoms with van der Waals surface area (Å²) in [6.45, 7) is 2.95. The lowest BCUT2D eigenvalue weighted by atomic mass is 9.88. The van der Waals surface area contributed by atoms with Crippen LogP contribution in [0.25, 0.3) is 0 Å². The second-order valence-corrected chi connectivity index (χ2v) is 6.03. The van der Waals surface area contributed by atoms with Crippen molar-refractivity contribution in [1.29, 1.82) is 0 Å². The summed E-state index contributed by atoms with van der Waals surface area (Å²) < 4.78 is 0. The highest BCUT2D eigenvalue weighted by Crippen LogP contribution is 2.22. The van der Waals surface area contributed by atoms with Gasteiger partial charge < -0.3 is 5.11 Å². The molecule has 1 aliphatic heterocycles. The van der Waals surface area contributed by atoms with E-state index < -0.39 is 0 Å². The van der Waals surface area contributed by atoms with E-state index in [0.717, 1.165) is 32.5 Å². The lowest BCUT2D eigenvalue weighted by molar-refractivity contribution is 0.0239. The average Bonchev–Trinajstić information content (AvgIpc) is 2.53. The maximum atomic E-state index is 10.3. The number of hydrogen-bond acceptors (Lipinski definition) is 2. The molecule has 3 rings (SSSR count). The molecule has 1 heterocycles. The lowest BCUT2D eigenvalue weighted by Crippen LogP contribution is -2.43. The minimum absolute atomic E-state index is 0.169. The molecule has 110 valence electrons. The van der Waals surface area contributed by atoms with E-state index in [1.807, 2.05) is 6.07 Å². The topological polar surface area (TPSA) is 23.5 Å². The molecule has 0 spiro atoms. The zero-order valence-electron chi connectivity index (χ0n) is 12.4. The highest BCUT2D eigenvalue weighted by atomic mass is 16.3. The van der Waals surface area contributed by atoms with Gasteiger partial charge in [-0.1, -0.05) is 60.7 Å². The van der Waals surface area contributed by atoms with Crippen molar-refractivity contribution in [3.63, 3.8) is 0 Å². The maximum Gasteiger partial charge on any atom is 0.0596 e. The van der Waals surface area contributed by atoms with Crippen LogP contribution >= 0.6 is 0 Å². The molecule has 0 bridgehead atoms. The number of benzene rings is 2. The summed E-state index contributed by atoms with van der Waals surface area (Å²) in [6, 6.07) is 21.1. The van der Waals surface area contributed by atoms with Gasteiger partial charge in [-0.15, -0.1) is 0 Å². The molecular weight excluding hydrogens is 258 g/mol. The molecule has 0 radical (unpaired) electrons. The molecule has 1 saturated heterocycles. The van der Waals surface area contributed by atoms with Crippen LogP contribution in [0.2, 0.25) is 0 Å². The van der Waals surface area contributed by atoms with Crippen molar-refractivity contribution in [2.24, 2.45) is 5.92 Å². The first kappa shape index (κ1) is 14.3. The summed E-state index contributed by atoms with van der Waals surface area (Å²) in [5, 5.41) is 10.3. The molecule has 1 N–H and O–H groups in total. The average molecular weight is 281 g/mol. The van der Waals surface area contributed by atoms with Crippen molar-refractivity contribution in [2.75, 3.05) is 13.1 Å². The molecule has 0 aliphatic carbocycles. The Morgan fingerprint density at radius 2 is 1.52 bits per heavy atom. The minimum atomic E-state index is -0.169. The van der Waals surface area contributed by atoms with Crippen LogP contribution in [0.15, 0.2) is 60.7 Å². The number of aliphatic hydroxyl groups is 1. The van der Waals surface area contributed by atoms with Gasteiger partial charge in [0, 0.05) is 25.6 Å². The molecule has 2 nitrogen and oxygen atoms in total. The largest absolute Gasteiger partial charge is 0.393 e. The number of nitrogens with zero attached hydrogens (tertiary/aromatic N) is 1. The predicted octanol–water partition coefficient (Wildman–Crippen LogP) is 3.11. The van der Waals surface area contributed by atoms with Gasteiger partial charge in [0.2, 0.25) is 0 Å². The van der Waals surface area contributed by atoms with Gasteiger partial charge in [0.25, 0.3) is 0 Å². The van der Waals surface area contributed by atoms with Gasteiger partial charge in [0.1, 0.15) is 0 Å². The highest BCUT2D eigenvalue weighted by molar-refractivity contribution is 5.17. The van der Waals surface area contributed by atoms with E-state index in [0.29, 0.717) is 5.92 Å². The molecule has 1 aliphatic rings. The Labute approximate surface area is 127 Å². The fraction of sp³-hybridized carbons (Fsp3) is 0.368. The third kappa shape index (κ3) is 3.93. The van der Waals surface area contributed by atoms with Crippen molar-refractivity contribution in [3.05, 3.63) is 71.8 Å². The van der Waals surface area contributed by atoms with Gasteiger partial charge in [-0.2, -0.15) is 0 Å². The number of likely N-dealkylation sites (tertiary alicyclic amines) is 1. The van der Waals surface area contributed by atoms with Crippen LogP contribution in [0.3, 0.4) is 0 Å². The molecule has 2 unspecified atom stereocenters. The van der Waals surface area contributed by atoms with Crippen LogP contribution in [-0.2, 0) is 13.0 Å². The number of piperidine rings is 1. The fourth-order valence-corrected chi connectivity index (χ4v) is 3.20. The van der Waals surface area contributed by atoms with E-state index in [1.54, 1.807) is 0 Å². The van der Waals surface area contributed by atoms with Crippen molar-refractivity contribution in [2.45, 2.75) is 25.5 Å². The van der Waals surface area contributed by atoms with Crippen LogP contribution < -0.4 is 0 Å². The van der Waals surface area contributed by atoms with E-state index in [9.17, 15) is 5.11 Å². The molecule has 0 amide bonds. The predicted molar refractivity (Wildman–Crippen MR) is 86.0 cm³/mol. The Kier molecular flexibility index (Phi) is 4.69. The van der Waals surface area contributed by atoms with E-state index in [4.69, 9.17) is 0 Å². The second-order valence-electron chi connectivity index (χ2n) is 6.03.